The van der Waals surface area contributed by atoms with E-state index < -0.39 is 0 Å². The van der Waals surface area contributed by atoms with E-state index in [2.05, 4.69) is 16.5 Å². The molecule has 21 heavy (non-hydrogen) atoms. The highest BCUT2D eigenvalue weighted by molar-refractivity contribution is 5.79. The maximum atomic E-state index is 13.0. The summed E-state index contributed by atoms with van der Waals surface area (Å²) in [5.41, 5.74) is 9.64. The lowest BCUT2D eigenvalue weighted by atomic mass is 10.1. The van der Waals surface area contributed by atoms with Crippen molar-refractivity contribution in [3.63, 3.8) is 0 Å². The van der Waals surface area contributed by atoms with Crippen molar-refractivity contribution in [3.8, 4) is 0 Å². The summed E-state index contributed by atoms with van der Waals surface area (Å²) in [6, 6.07) is 12.7. The first-order valence-corrected chi connectivity index (χ1v) is 7.03. The first-order valence-electron chi connectivity index (χ1n) is 7.03. The summed E-state index contributed by atoms with van der Waals surface area (Å²) >= 11 is 0. The van der Waals surface area contributed by atoms with Crippen LogP contribution >= 0.6 is 0 Å². The van der Waals surface area contributed by atoms with E-state index >= 15 is 0 Å². The molecule has 1 heterocycles. The molecule has 4 heteroatoms. The predicted molar refractivity (Wildman–Crippen MR) is 83.7 cm³/mol. The number of aromatic nitrogens is 2. The van der Waals surface area contributed by atoms with Crippen molar-refractivity contribution >= 4 is 16.7 Å². The standard InChI is InChI=1S/C17H18FN3/c1-11(9-13-3-5-14(18)6-4-13)21-12(2)20-16-10-15(19)7-8-17(16)21/h3-8,10-11H,9,19H2,1-2H3. The van der Waals surface area contributed by atoms with Gasteiger partial charge in [-0.25, -0.2) is 9.37 Å². The van der Waals surface area contributed by atoms with Crippen molar-refractivity contribution in [1.29, 1.82) is 0 Å². The molecule has 108 valence electrons. The minimum atomic E-state index is -0.203. The van der Waals surface area contributed by atoms with Gasteiger partial charge in [-0.2, -0.15) is 0 Å². The summed E-state index contributed by atoms with van der Waals surface area (Å²) in [7, 11) is 0. The van der Waals surface area contributed by atoms with Crippen LogP contribution in [0.3, 0.4) is 0 Å². The van der Waals surface area contributed by atoms with Crippen LogP contribution in [0.4, 0.5) is 10.1 Å². The maximum absolute atomic E-state index is 13.0. The van der Waals surface area contributed by atoms with Crippen molar-refractivity contribution in [1.82, 2.24) is 9.55 Å². The van der Waals surface area contributed by atoms with Gasteiger partial charge >= 0.3 is 0 Å². The van der Waals surface area contributed by atoms with E-state index in [1.165, 1.54) is 12.1 Å². The molecule has 0 aliphatic heterocycles. The van der Waals surface area contributed by atoms with E-state index in [0.29, 0.717) is 0 Å². The van der Waals surface area contributed by atoms with Crippen molar-refractivity contribution in [2.45, 2.75) is 26.3 Å². The predicted octanol–water partition coefficient (Wildman–Crippen LogP) is 3.87. The molecule has 0 fully saturated rings. The monoisotopic (exact) mass is 283 g/mol. The van der Waals surface area contributed by atoms with Crippen LogP contribution in [-0.4, -0.2) is 9.55 Å². The van der Waals surface area contributed by atoms with Crippen molar-refractivity contribution in [2.24, 2.45) is 0 Å². The fourth-order valence-electron chi connectivity index (χ4n) is 2.85. The average molecular weight is 283 g/mol. The molecule has 0 bridgehead atoms. The molecule has 0 aliphatic rings. The van der Waals surface area contributed by atoms with Crippen LogP contribution < -0.4 is 5.73 Å². The van der Waals surface area contributed by atoms with Crippen LogP contribution in [-0.2, 0) is 6.42 Å². The van der Waals surface area contributed by atoms with Gasteiger partial charge in [-0.1, -0.05) is 12.1 Å². The number of benzene rings is 2. The van der Waals surface area contributed by atoms with Gasteiger partial charge in [-0.05, 0) is 56.2 Å². The lowest BCUT2D eigenvalue weighted by Crippen LogP contribution is -2.10. The molecule has 0 amide bonds. The number of nitrogens with two attached hydrogens (primary N) is 1. The Balaban J connectivity index is 1.95. The molecular formula is C17H18FN3. The van der Waals surface area contributed by atoms with Gasteiger partial charge < -0.3 is 10.3 Å². The van der Waals surface area contributed by atoms with Gasteiger partial charge in [0.1, 0.15) is 11.6 Å². The Morgan fingerprint density at radius 2 is 1.90 bits per heavy atom. The number of halogens is 1. The number of nitrogen functional groups attached to an aromatic ring is 1. The first-order chi connectivity index (χ1) is 10.0. The van der Waals surface area contributed by atoms with Crippen LogP contribution in [0.5, 0.6) is 0 Å². The van der Waals surface area contributed by atoms with E-state index in [1.54, 1.807) is 0 Å². The highest BCUT2D eigenvalue weighted by atomic mass is 19.1. The van der Waals surface area contributed by atoms with Gasteiger partial charge in [0.25, 0.3) is 0 Å². The smallest absolute Gasteiger partial charge is 0.123 e. The van der Waals surface area contributed by atoms with Gasteiger partial charge in [0.05, 0.1) is 11.0 Å². The molecule has 3 aromatic rings. The highest BCUT2D eigenvalue weighted by Gasteiger charge is 2.14. The quantitative estimate of drug-likeness (QED) is 0.741. The highest BCUT2D eigenvalue weighted by Crippen LogP contribution is 2.25. The average Bonchev–Trinajstić information content (AvgIpc) is 2.76. The molecule has 1 atom stereocenters. The number of hydrogen-bond acceptors (Lipinski definition) is 2. The van der Waals surface area contributed by atoms with Crippen molar-refractivity contribution in [3.05, 3.63) is 59.7 Å². The Labute approximate surface area is 123 Å². The second-order valence-electron chi connectivity index (χ2n) is 5.46. The number of rotatable bonds is 3. The summed E-state index contributed by atoms with van der Waals surface area (Å²) in [4.78, 5) is 4.57. The Morgan fingerprint density at radius 3 is 2.62 bits per heavy atom. The van der Waals surface area contributed by atoms with Crippen LogP contribution in [0.2, 0.25) is 0 Å². The molecule has 2 aromatic carbocycles. The summed E-state index contributed by atoms with van der Waals surface area (Å²) in [6.07, 6.45) is 0.830. The Bertz CT molecular complexity index is 775. The molecule has 3 rings (SSSR count). The van der Waals surface area contributed by atoms with Crippen molar-refractivity contribution < 1.29 is 4.39 Å². The summed E-state index contributed by atoms with van der Waals surface area (Å²) in [5, 5.41) is 0. The fourth-order valence-corrected chi connectivity index (χ4v) is 2.85. The number of fused-ring (bicyclic) bond motifs is 1. The summed E-state index contributed by atoms with van der Waals surface area (Å²) < 4.78 is 15.2. The van der Waals surface area contributed by atoms with Crippen molar-refractivity contribution in [2.75, 3.05) is 5.73 Å². The lowest BCUT2D eigenvalue weighted by Gasteiger charge is -2.16. The number of hydrogen-bond donors (Lipinski definition) is 1. The Hall–Kier alpha value is -2.36. The molecule has 3 nitrogen and oxygen atoms in total. The first kappa shape index (κ1) is 13.6. The maximum Gasteiger partial charge on any atom is 0.123 e. The topological polar surface area (TPSA) is 43.8 Å². The van der Waals surface area contributed by atoms with Crippen LogP contribution in [0.15, 0.2) is 42.5 Å². The molecule has 0 saturated heterocycles. The zero-order valence-electron chi connectivity index (χ0n) is 12.2. The molecule has 2 N–H and O–H groups in total. The third-order valence-corrected chi connectivity index (χ3v) is 3.78. The van der Waals surface area contributed by atoms with Gasteiger partial charge in [0.2, 0.25) is 0 Å². The van der Waals surface area contributed by atoms with Gasteiger partial charge in [0, 0.05) is 11.7 Å². The lowest BCUT2D eigenvalue weighted by molar-refractivity contribution is 0.544. The summed E-state index contributed by atoms with van der Waals surface area (Å²) in [6.45, 7) is 4.14. The third kappa shape index (κ3) is 2.61. The summed E-state index contributed by atoms with van der Waals surface area (Å²) in [5.74, 6) is 0.761. The van der Waals surface area contributed by atoms with E-state index in [0.717, 1.165) is 34.5 Å². The van der Waals surface area contributed by atoms with Gasteiger partial charge in [-0.3, -0.25) is 0 Å². The number of imidazole rings is 1. The van der Waals surface area contributed by atoms with Crippen LogP contribution in [0.25, 0.3) is 11.0 Å². The molecular weight excluding hydrogens is 265 g/mol. The van der Waals surface area contributed by atoms with Gasteiger partial charge in [-0.15, -0.1) is 0 Å². The largest absolute Gasteiger partial charge is 0.399 e. The zero-order valence-corrected chi connectivity index (χ0v) is 12.2. The molecule has 0 saturated carbocycles. The minimum Gasteiger partial charge on any atom is -0.399 e. The van der Waals surface area contributed by atoms with Crippen LogP contribution in [0, 0.1) is 12.7 Å². The van der Waals surface area contributed by atoms with Crippen LogP contribution in [0.1, 0.15) is 24.4 Å². The third-order valence-electron chi connectivity index (χ3n) is 3.78. The number of nitrogens with zero attached hydrogens (tertiary/aromatic N) is 2. The van der Waals surface area contributed by atoms with Gasteiger partial charge in [0.15, 0.2) is 0 Å². The molecule has 1 unspecified atom stereocenters. The number of anilines is 1. The van der Waals surface area contributed by atoms with E-state index in [9.17, 15) is 4.39 Å². The van der Waals surface area contributed by atoms with E-state index in [4.69, 9.17) is 5.73 Å². The van der Waals surface area contributed by atoms with E-state index in [-0.39, 0.29) is 11.9 Å². The minimum absolute atomic E-state index is 0.203. The second kappa shape index (κ2) is 5.20. The Morgan fingerprint density at radius 1 is 1.19 bits per heavy atom. The molecule has 0 aliphatic carbocycles. The molecule has 1 aromatic heterocycles. The SMILES string of the molecule is Cc1nc2cc(N)ccc2n1C(C)Cc1ccc(F)cc1. The number of aryl methyl sites for hydroxylation is 1. The zero-order chi connectivity index (χ0) is 15.0. The molecule has 0 radical (unpaired) electrons. The second-order valence-corrected chi connectivity index (χ2v) is 5.46. The normalized spacial score (nSPS) is 12.7. The molecule has 0 spiro atoms. The fraction of sp³-hybridized carbons (Fsp3) is 0.235. The van der Waals surface area contributed by atoms with E-state index in [1.807, 2.05) is 37.3 Å². The Kier molecular flexibility index (Phi) is 3.37.